The summed E-state index contributed by atoms with van der Waals surface area (Å²) >= 11 is 0. The third kappa shape index (κ3) is 1.59. The van der Waals surface area contributed by atoms with Crippen molar-refractivity contribution in [2.75, 3.05) is 7.11 Å². The summed E-state index contributed by atoms with van der Waals surface area (Å²) in [6.45, 7) is -0.120. The van der Waals surface area contributed by atoms with Crippen molar-refractivity contribution in [2.24, 2.45) is 0 Å². The minimum absolute atomic E-state index is 0.120. The highest BCUT2D eigenvalue weighted by Crippen LogP contribution is 2.23. The molecule has 4 heteroatoms. The zero-order valence-corrected chi connectivity index (χ0v) is 8.19. The highest BCUT2D eigenvalue weighted by molar-refractivity contribution is 5.93. The summed E-state index contributed by atoms with van der Waals surface area (Å²) in [5.74, 6) is -0.372. The van der Waals surface area contributed by atoms with Gasteiger partial charge in [0.05, 0.1) is 13.7 Å². The Bertz CT molecular complexity index is 498. The standard InChI is InChI=1S/C11H10O4/c1-14-11(13)9-5-7-3-2-4-8(6-12)10(7)15-9/h2-5,12H,6H2,1H3. The molecule has 0 spiro atoms. The van der Waals surface area contributed by atoms with Crippen LogP contribution < -0.4 is 0 Å². The van der Waals surface area contributed by atoms with E-state index >= 15 is 0 Å². The van der Waals surface area contributed by atoms with Gasteiger partial charge in [-0.2, -0.15) is 0 Å². The Balaban J connectivity index is 2.60. The third-order valence-electron chi connectivity index (χ3n) is 2.18. The molecule has 15 heavy (non-hydrogen) atoms. The van der Waals surface area contributed by atoms with Crippen LogP contribution in [0, 0.1) is 0 Å². The molecular weight excluding hydrogens is 196 g/mol. The number of furan rings is 1. The highest BCUT2D eigenvalue weighted by Gasteiger charge is 2.13. The Hall–Kier alpha value is -1.81. The molecule has 0 aliphatic carbocycles. The van der Waals surface area contributed by atoms with Crippen LogP contribution in [0.3, 0.4) is 0 Å². The summed E-state index contributed by atoms with van der Waals surface area (Å²) in [6.07, 6.45) is 0. The molecule has 1 aromatic carbocycles. The molecule has 1 N–H and O–H groups in total. The molecule has 2 aromatic rings. The number of aliphatic hydroxyl groups excluding tert-OH is 1. The number of esters is 1. The number of benzene rings is 1. The van der Waals surface area contributed by atoms with Crippen molar-refractivity contribution >= 4 is 16.9 Å². The smallest absolute Gasteiger partial charge is 0.373 e. The van der Waals surface area contributed by atoms with Crippen LogP contribution in [-0.2, 0) is 11.3 Å². The summed E-state index contributed by atoms with van der Waals surface area (Å²) in [5.41, 5.74) is 1.18. The molecule has 1 aromatic heterocycles. The Morgan fingerprint density at radius 3 is 3.00 bits per heavy atom. The summed E-state index contributed by atoms with van der Waals surface area (Å²) in [7, 11) is 1.29. The van der Waals surface area contributed by atoms with E-state index in [4.69, 9.17) is 9.52 Å². The maximum Gasteiger partial charge on any atom is 0.373 e. The van der Waals surface area contributed by atoms with Crippen LogP contribution in [0.1, 0.15) is 16.1 Å². The molecule has 78 valence electrons. The number of rotatable bonds is 2. The second-order valence-electron chi connectivity index (χ2n) is 3.10. The predicted octanol–water partition coefficient (Wildman–Crippen LogP) is 1.71. The summed E-state index contributed by atoms with van der Waals surface area (Å²) < 4.78 is 9.85. The van der Waals surface area contributed by atoms with E-state index in [1.165, 1.54) is 7.11 Å². The van der Waals surface area contributed by atoms with E-state index < -0.39 is 5.97 Å². The van der Waals surface area contributed by atoms with Gasteiger partial charge in [-0.05, 0) is 6.07 Å². The van der Waals surface area contributed by atoms with Gasteiger partial charge in [-0.15, -0.1) is 0 Å². The zero-order chi connectivity index (χ0) is 10.8. The predicted molar refractivity (Wildman–Crippen MR) is 53.5 cm³/mol. The number of ether oxygens (including phenoxy) is 1. The highest BCUT2D eigenvalue weighted by atomic mass is 16.5. The third-order valence-corrected chi connectivity index (χ3v) is 2.18. The van der Waals surface area contributed by atoms with E-state index in [-0.39, 0.29) is 12.4 Å². The Labute approximate surface area is 86.1 Å². The first kappa shape index (κ1) is 9.73. The van der Waals surface area contributed by atoms with Gasteiger partial charge in [0, 0.05) is 10.9 Å². The first-order valence-corrected chi connectivity index (χ1v) is 4.47. The first-order valence-electron chi connectivity index (χ1n) is 4.47. The first-order chi connectivity index (χ1) is 7.26. The van der Waals surface area contributed by atoms with Gasteiger partial charge in [-0.25, -0.2) is 4.79 Å². The number of fused-ring (bicyclic) bond motifs is 1. The Morgan fingerprint density at radius 2 is 2.33 bits per heavy atom. The molecule has 0 saturated carbocycles. The van der Waals surface area contributed by atoms with Gasteiger partial charge in [-0.3, -0.25) is 0 Å². The Morgan fingerprint density at radius 1 is 1.53 bits per heavy atom. The molecule has 2 rings (SSSR count). The number of aliphatic hydroxyl groups is 1. The number of para-hydroxylation sites is 1. The van der Waals surface area contributed by atoms with Gasteiger partial charge in [0.25, 0.3) is 0 Å². The number of carbonyl (C=O) groups excluding carboxylic acids is 1. The van der Waals surface area contributed by atoms with E-state index in [9.17, 15) is 4.79 Å². The topological polar surface area (TPSA) is 59.7 Å². The molecule has 0 amide bonds. The van der Waals surface area contributed by atoms with E-state index in [2.05, 4.69) is 4.74 Å². The molecule has 1 heterocycles. The molecule has 0 aliphatic heterocycles. The van der Waals surface area contributed by atoms with Crippen LogP contribution in [-0.4, -0.2) is 18.2 Å². The lowest BCUT2D eigenvalue weighted by Gasteiger charge is -1.95. The van der Waals surface area contributed by atoms with Gasteiger partial charge >= 0.3 is 5.97 Å². The normalized spacial score (nSPS) is 10.5. The van der Waals surface area contributed by atoms with E-state index in [1.54, 1.807) is 18.2 Å². The van der Waals surface area contributed by atoms with Gasteiger partial charge < -0.3 is 14.3 Å². The van der Waals surface area contributed by atoms with Crippen molar-refractivity contribution in [2.45, 2.75) is 6.61 Å². The fourth-order valence-corrected chi connectivity index (χ4v) is 1.45. The van der Waals surface area contributed by atoms with Crippen molar-refractivity contribution < 1.29 is 19.1 Å². The second kappa shape index (κ2) is 3.74. The molecule has 0 atom stereocenters. The average molecular weight is 206 g/mol. The minimum Gasteiger partial charge on any atom is -0.463 e. The van der Waals surface area contributed by atoms with Gasteiger partial charge in [0.1, 0.15) is 5.58 Å². The quantitative estimate of drug-likeness (QED) is 0.760. The van der Waals surface area contributed by atoms with Crippen LogP contribution >= 0.6 is 0 Å². The molecule has 0 aliphatic rings. The van der Waals surface area contributed by atoms with Crippen LogP contribution in [0.4, 0.5) is 0 Å². The molecule has 0 unspecified atom stereocenters. The molecule has 0 bridgehead atoms. The monoisotopic (exact) mass is 206 g/mol. The lowest BCUT2D eigenvalue weighted by atomic mass is 10.1. The largest absolute Gasteiger partial charge is 0.463 e. The minimum atomic E-state index is -0.518. The number of carbonyl (C=O) groups is 1. The molecule has 4 nitrogen and oxygen atoms in total. The number of hydrogen-bond donors (Lipinski definition) is 1. The van der Waals surface area contributed by atoms with Crippen LogP contribution in [0.15, 0.2) is 28.7 Å². The zero-order valence-electron chi connectivity index (χ0n) is 8.19. The summed E-state index contributed by atoms with van der Waals surface area (Å²) in [4.78, 5) is 11.2. The van der Waals surface area contributed by atoms with Crippen molar-refractivity contribution in [3.63, 3.8) is 0 Å². The van der Waals surface area contributed by atoms with E-state index in [0.29, 0.717) is 11.1 Å². The SMILES string of the molecule is COC(=O)c1cc2cccc(CO)c2o1. The summed E-state index contributed by atoms with van der Waals surface area (Å²) in [5, 5.41) is 9.84. The lowest BCUT2D eigenvalue weighted by Crippen LogP contribution is -1.98. The number of hydrogen-bond acceptors (Lipinski definition) is 4. The summed E-state index contributed by atoms with van der Waals surface area (Å²) in [6, 6.07) is 6.95. The van der Waals surface area contributed by atoms with Crippen LogP contribution in [0.25, 0.3) is 11.0 Å². The van der Waals surface area contributed by atoms with E-state index in [0.717, 1.165) is 5.39 Å². The van der Waals surface area contributed by atoms with Crippen molar-refractivity contribution in [1.29, 1.82) is 0 Å². The average Bonchev–Trinajstić information content (AvgIpc) is 2.71. The van der Waals surface area contributed by atoms with E-state index in [1.807, 2.05) is 6.07 Å². The van der Waals surface area contributed by atoms with Gasteiger partial charge in [-0.1, -0.05) is 18.2 Å². The fraction of sp³-hybridized carbons (Fsp3) is 0.182. The molecule has 0 fully saturated rings. The molecule has 0 radical (unpaired) electrons. The maximum absolute atomic E-state index is 11.2. The van der Waals surface area contributed by atoms with Crippen molar-refractivity contribution in [3.8, 4) is 0 Å². The molecule has 0 saturated heterocycles. The van der Waals surface area contributed by atoms with Crippen LogP contribution in [0.2, 0.25) is 0 Å². The Kier molecular flexibility index (Phi) is 2.43. The lowest BCUT2D eigenvalue weighted by molar-refractivity contribution is 0.0567. The molecular formula is C11H10O4. The second-order valence-corrected chi connectivity index (χ2v) is 3.10. The van der Waals surface area contributed by atoms with Crippen molar-refractivity contribution in [3.05, 3.63) is 35.6 Å². The number of methoxy groups -OCH3 is 1. The fourth-order valence-electron chi connectivity index (χ4n) is 1.45. The van der Waals surface area contributed by atoms with Crippen molar-refractivity contribution in [1.82, 2.24) is 0 Å². The van der Waals surface area contributed by atoms with Crippen LogP contribution in [0.5, 0.6) is 0 Å². The maximum atomic E-state index is 11.2. The van der Waals surface area contributed by atoms with Gasteiger partial charge in [0.2, 0.25) is 5.76 Å². The van der Waals surface area contributed by atoms with Gasteiger partial charge in [0.15, 0.2) is 0 Å².